The first-order valence-corrected chi connectivity index (χ1v) is 7.72. The Bertz CT molecular complexity index is 289. The lowest BCUT2D eigenvalue weighted by Gasteiger charge is -2.16. The lowest BCUT2D eigenvalue weighted by molar-refractivity contribution is 0.514. The lowest BCUT2D eigenvalue weighted by atomic mass is 10.2. The topological polar surface area (TPSA) is 37.8 Å². The van der Waals surface area contributed by atoms with E-state index in [2.05, 4.69) is 29.4 Å². The number of hydrogen-bond acceptors (Lipinski definition) is 5. The van der Waals surface area contributed by atoms with Crippen molar-refractivity contribution in [1.29, 1.82) is 0 Å². The molecule has 3 nitrogen and oxygen atoms in total. The highest BCUT2D eigenvalue weighted by molar-refractivity contribution is 8.01. The van der Waals surface area contributed by atoms with Crippen LogP contribution in [0.15, 0.2) is 4.34 Å². The molecule has 0 aliphatic rings. The van der Waals surface area contributed by atoms with Gasteiger partial charge in [0.1, 0.15) is 5.01 Å². The summed E-state index contributed by atoms with van der Waals surface area (Å²) >= 11 is 3.51. The van der Waals surface area contributed by atoms with E-state index in [0.29, 0.717) is 6.04 Å². The zero-order valence-corrected chi connectivity index (χ0v) is 12.0. The number of nitrogens with one attached hydrogen (secondary N) is 1. The minimum absolute atomic E-state index is 0.610. The van der Waals surface area contributed by atoms with Gasteiger partial charge in [0.25, 0.3) is 0 Å². The highest BCUT2D eigenvalue weighted by atomic mass is 32.2. The first-order chi connectivity index (χ1) is 7.76. The van der Waals surface area contributed by atoms with Gasteiger partial charge in [0.15, 0.2) is 4.34 Å². The maximum Gasteiger partial charge on any atom is 0.174 e. The van der Waals surface area contributed by atoms with E-state index in [0.717, 1.165) is 21.6 Å². The minimum Gasteiger partial charge on any atom is -0.313 e. The summed E-state index contributed by atoms with van der Waals surface area (Å²) in [5, 5.41) is 12.8. The van der Waals surface area contributed by atoms with Crippen LogP contribution in [0.5, 0.6) is 0 Å². The largest absolute Gasteiger partial charge is 0.313 e. The standard InChI is InChI=1S/C11H21N3S2/c1-4-6-10(12-7-5-2)8-15-11-14-13-9(3)16-11/h10,12H,4-8H2,1-3H3. The average Bonchev–Trinajstić information content (AvgIpc) is 2.68. The van der Waals surface area contributed by atoms with Gasteiger partial charge in [0, 0.05) is 11.8 Å². The highest BCUT2D eigenvalue weighted by Crippen LogP contribution is 2.23. The predicted octanol–water partition coefficient (Wildman–Crippen LogP) is 3.11. The third kappa shape index (κ3) is 5.27. The Morgan fingerprint density at radius 3 is 2.69 bits per heavy atom. The van der Waals surface area contributed by atoms with Crippen LogP contribution >= 0.6 is 23.1 Å². The van der Waals surface area contributed by atoms with Crippen molar-refractivity contribution in [2.75, 3.05) is 12.3 Å². The Balaban J connectivity index is 2.30. The molecule has 0 spiro atoms. The summed E-state index contributed by atoms with van der Waals surface area (Å²) in [6.07, 6.45) is 3.67. The Morgan fingerprint density at radius 1 is 1.31 bits per heavy atom. The summed E-state index contributed by atoms with van der Waals surface area (Å²) in [5.41, 5.74) is 0. The van der Waals surface area contributed by atoms with Crippen LogP contribution in [0, 0.1) is 6.92 Å². The fourth-order valence-electron chi connectivity index (χ4n) is 1.45. The summed E-state index contributed by atoms with van der Waals surface area (Å²) in [4.78, 5) is 0. The van der Waals surface area contributed by atoms with E-state index in [4.69, 9.17) is 0 Å². The molecule has 0 bridgehead atoms. The number of nitrogens with zero attached hydrogens (tertiary/aromatic N) is 2. The summed E-state index contributed by atoms with van der Waals surface area (Å²) < 4.78 is 1.09. The molecular formula is C11H21N3S2. The second kappa shape index (κ2) is 8.03. The molecule has 0 radical (unpaired) electrons. The second-order valence-corrected chi connectivity index (χ2v) is 6.29. The number of thioether (sulfide) groups is 1. The molecule has 0 saturated carbocycles. The molecule has 0 aliphatic heterocycles. The van der Waals surface area contributed by atoms with Crippen LogP contribution in [-0.4, -0.2) is 28.5 Å². The molecule has 1 heterocycles. The van der Waals surface area contributed by atoms with Gasteiger partial charge in [0.05, 0.1) is 0 Å². The Kier molecular flexibility index (Phi) is 7.00. The summed E-state index contributed by atoms with van der Waals surface area (Å²) in [6, 6.07) is 0.610. The second-order valence-electron chi connectivity index (χ2n) is 3.84. The minimum atomic E-state index is 0.610. The SMILES string of the molecule is CCCNC(CCC)CSc1nnc(C)s1. The van der Waals surface area contributed by atoms with E-state index >= 15 is 0 Å². The molecule has 1 atom stereocenters. The molecule has 92 valence electrons. The molecule has 5 heteroatoms. The number of aromatic nitrogens is 2. The summed E-state index contributed by atoms with van der Waals surface area (Å²) in [6.45, 7) is 7.55. The van der Waals surface area contributed by atoms with Crippen molar-refractivity contribution in [3.63, 3.8) is 0 Å². The van der Waals surface area contributed by atoms with E-state index in [1.807, 2.05) is 18.7 Å². The maximum absolute atomic E-state index is 4.13. The molecule has 0 aliphatic carbocycles. The highest BCUT2D eigenvalue weighted by Gasteiger charge is 2.09. The number of rotatable bonds is 8. The van der Waals surface area contributed by atoms with Crippen molar-refractivity contribution in [3.05, 3.63) is 5.01 Å². The van der Waals surface area contributed by atoms with Crippen molar-refractivity contribution >= 4 is 23.1 Å². The van der Waals surface area contributed by atoms with Gasteiger partial charge in [0.2, 0.25) is 0 Å². The van der Waals surface area contributed by atoms with Crippen LogP contribution in [0.4, 0.5) is 0 Å². The van der Waals surface area contributed by atoms with Crippen molar-refractivity contribution < 1.29 is 0 Å². The first kappa shape index (κ1) is 13.9. The van der Waals surface area contributed by atoms with Crippen molar-refractivity contribution in [3.8, 4) is 0 Å². The van der Waals surface area contributed by atoms with Crippen LogP contribution in [0.1, 0.15) is 38.1 Å². The normalized spacial score (nSPS) is 12.9. The van der Waals surface area contributed by atoms with Gasteiger partial charge < -0.3 is 5.32 Å². The molecule has 0 aromatic carbocycles. The van der Waals surface area contributed by atoms with Crippen LogP contribution in [0.2, 0.25) is 0 Å². The molecule has 1 aromatic heterocycles. The van der Waals surface area contributed by atoms with Crippen molar-refractivity contribution in [2.24, 2.45) is 0 Å². The maximum atomic E-state index is 4.13. The van der Waals surface area contributed by atoms with Crippen molar-refractivity contribution in [2.45, 2.75) is 50.4 Å². The third-order valence-corrected chi connectivity index (χ3v) is 4.37. The number of aryl methyl sites for hydroxylation is 1. The van der Waals surface area contributed by atoms with Crippen LogP contribution in [-0.2, 0) is 0 Å². The smallest absolute Gasteiger partial charge is 0.174 e. The van der Waals surface area contributed by atoms with E-state index in [1.54, 1.807) is 11.3 Å². The molecule has 16 heavy (non-hydrogen) atoms. The fraction of sp³-hybridized carbons (Fsp3) is 0.818. The first-order valence-electron chi connectivity index (χ1n) is 5.92. The summed E-state index contributed by atoms with van der Waals surface area (Å²) in [5.74, 6) is 1.10. The fourth-order valence-corrected chi connectivity index (χ4v) is 3.39. The Hall–Kier alpha value is -0.130. The lowest BCUT2D eigenvalue weighted by Crippen LogP contribution is -2.31. The third-order valence-electron chi connectivity index (χ3n) is 2.24. The van der Waals surface area contributed by atoms with Crippen LogP contribution in [0.25, 0.3) is 0 Å². The molecule has 1 unspecified atom stereocenters. The molecule has 0 amide bonds. The van der Waals surface area contributed by atoms with Crippen LogP contribution in [0.3, 0.4) is 0 Å². The predicted molar refractivity (Wildman–Crippen MR) is 72.4 cm³/mol. The molecule has 0 fully saturated rings. The number of hydrogen-bond donors (Lipinski definition) is 1. The van der Waals surface area contributed by atoms with Gasteiger partial charge >= 0.3 is 0 Å². The average molecular weight is 259 g/mol. The zero-order valence-electron chi connectivity index (χ0n) is 10.3. The zero-order chi connectivity index (χ0) is 11.8. The van der Waals surface area contributed by atoms with Gasteiger partial charge in [-0.05, 0) is 26.3 Å². The monoisotopic (exact) mass is 259 g/mol. The van der Waals surface area contributed by atoms with Gasteiger partial charge in [-0.25, -0.2) is 0 Å². The van der Waals surface area contributed by atoms with Crippen molar-refractivity contribution in [1.82, 2.24) is 15.5 Å². The van der Waals surface area contributed by atoms with Gasteiger partial charge in [-0.3, -0.25) is 0 Å². The van der Waals surface area contributed by atoms with E-state index < -0.39 is 0 Å². The molecule has 0 saturated heterocycles. The quantitative estimate of drug-likeness (QED) is 0.728. The molecule has 1 rings (SSSR count). The van der Waals surface area contributed by atoms with E-state index in [1.165, 1.54) is 19.3 Å². The molecular weight excluding hydrogens is 238 g/mol. The van der Waals surface area contributed by atoms with Crippen LogP contribution < -0.4 is 5.32 Å². The Labute approximate surface area is 106 Å². The van der Waals surface area contributed by atoms with E-state index in [9.17, 15) is 0 Å². The van der Waals surface area contributed by atoms with Gasteiger partial charge in [-0.1, -0.05) is 43.4 Å². The van der Waals surface area contributed by atoms with E-state index in [-0.39, 0.29) is 0 Å². The Morgan fingerprint density at radius 2 is 2.12 bits per heavy atom. The van der Waals surface area contributed by atoms with Gasteiger partial charge in [-0.15, -0.1) is 10.2 Å². The molecule has 1 N–H and O–H groups in total. The molecule has 1 aromatic rings. The summed E-state index contributed by atoms with van der Waals surface area (Å²) in [7, 11) is 0. The van der Waals surface area contributed by atoms with Gasteiger partial charge in [-0.2, -0.15) is 0 Å².